The Labute approximate surface area is 698 Å². The Bertz CT molecular complexity index is 6630. The number of rotatable bonds is 13. The molecule has 0 amide bonds. The van der Waals surface area contributed by atoms with Gasteiger partial charge in [0.05, 0.1) is 61.4 Å². The summed E-state index contributed by atoms with van der Waals surface area (Å²) in [6.07, 6.45) is 0. The lowest BCUT2D eigenvalue weighted by Gasteiger charge is -2.09. The van der Waals surface area contributed by atoms with E-state index in [1.165, 1.54) is 71.8 Å². The largest absolute Gasteiger partial charge is 0.496 e. The highest BCUT2D eigenvalue weighted by Gasteiger charge is 2.22. The average Bonchev–Trinajstić information content (AvgIpc) is 1.79. The maximum atomic E-state index is 13.8. The van der Waals surface area contributed by atoms with Crippen molar-refractivity contribution in [3.05, 3.63) is 348 Å². The molecule has 0 aliphatic rings. The van der Waals surface area contributed by atoms with Crippen LogP contribution in [0.2, 0.25) is 30.1 Å². The molecule has 6 aromatic heterocycles. The SMILES string of the molecule is COc1ccccc1-c1cc(F)cc2cc(CN)oc12.Cc1ccccc1-c1cc(F)cc2cc(CN)oc12.Cc1ccccc1-c1cccc2cc(CN)oc12.NCc1cc2cc(F)cc(-c3c(Cl)cccc3Cl)c2o1.NCc1cc2cc(F)cc(-c3cc(Cl)ccc3Cl)c2o1.NCc1cc2cc(F)cc(-c3ccc(Cl)cc3Cl)c2o1. The Balaban J connectivity index is 0.000000122. The number of methoxy groups -OCH3 is 1. The molecule has 0 spiro atoms. The molecular formula is C93H73Cl6F5N6O7. The molecule has 0 atom stereocenters. The van der Waals surface area contributed by atoms with E-state index in [0.717, 1.165) is 49.9 Å². The van der Waals surface area contributed by atoms with Crippen LogP contribution in [0.25, 0.3) is 133 Å². The van der Waals surface area contributed by atoms with Gasteiger partial charge in [-0.15, -0.1) is 0 Å². The second kappa shape index (κ2) is 37.4. The van der Waals surface area contributed by atoms with Gasteiger partial charge in [0.15, 0.2) is 0 Å². The number of ether oxygens (including phenoxy) is 1. The molecule has 0 fully saturated rings. The van der Waals surface area contributed by atoms with Crippen molar-refractivity contribution in [3.8, 4) is 72.5 Å². The van der Waals surface area contributed by atoms with Crippen molar-refractivity contribution >= 4 is 135 Å². The molecule has 12 aromatic carbocycles. The standard InChI is InChI=1S/C16H14FNO2.C16H14FNO.C16H15NO.3C15H10Cl2FNO/c1-19-15-5-3-2-4-13(15)14-8-11(17)6-10-7-12(9-18)20-16(10)14;1-10-4-2-3-5-14(10)15-8-12(17)6-11-7-13(9-18)19-16(11)15;1-11-5-2-3-7-14(11)15-8-4-6-12-9-13(10-17)18-16(12)15;16-9-1-2-14(17)12(5-9)13-6-10(18)3-8-4-11(7-19)20-15(8)13;16-9-1-2-12(14(17)5-9)13-6-10(18)3-8-4-11(7-19)20-15(8)13;16-12-2-1-3-13(17)14(12)11-6-9(18)4-8-5-10(7-19)20-15(8)11/h2-8H,9,18H2,1H3;2-8H,9,18H2,1H3;2-9H,10,17H2,1H3;3*1-6H,7,19H2. The summed E-state index contributed by atoms with van der Waals surface area (Å²) < 4.78 is 108. The quantitative estimate of drug-likeness (QED) is 0.0589. The normalized spacial score (nSPS) is 11.1. The van der Waals surface area contributed by atoms with E-state index in [4.69, 9.17) is 135 Å². The number of fused-ring (bicyclic) bond motifs is 6. The van der Waals surface area contributed by atoms with Crippen LogP contribution in [0.3, 0.4) is 0 Å². The second-order valence-corrected chi connectivity index (χ2v) is 29.3. The first kappa shape index (κ1) is 83.8. The number of aryl methyl sites for hydroxylation is 2. The van der Waals surface area contributed by atoms with E-state index in [1.54, 1.807) is 92.0 Å². The Hall–Kier alpha value is -11.2. The van der Waals surface area contributed by atoms with Crippen LogP contribution in [0.1, 0.15) is 45.7 Å². The number of furan rings is 6. The van der Waals surface area contributed by atoms with Gasteiger partial charge in [-0.1, -0.05) is 167 Å². The Kier molecular flexibility index (Phi) is 26.8. The smallest absolute Gasteiger partial charge is 0.142 e. The summed E-state index contributed by atoms with van der Waals surface area (Å²) in [7, 11) is 1.59. The van der Waals surface area contributed by atoms with Crippen LogP contribution in [0.5, 0.6) is 5.75 Å². The van der Waals surface area contributed by atoms with Crippen molar-refractivity contribution in [1.29, 1.82) is 0 Å². The van der Waals surface area contributed by atoms with Gasteiger partial charge < -0.3 is 65.6 Å². The van der Waals surface area contributed by atoms with Crippen LogP contribution in [-0.2, 0) is 39.3 Å². The molecule has 0 bridgehead atoms. The molecule has 0 unspecified atom stereocenters. The lowest BCUT2D eigenvalue weighted by Crippen LogP contribution is -1.92. The van der Waals surface area contributed by atoms with Crippen LogP contribution in [0.4, 0.5) is 22.0 Å². The van der Waals surface area contributed by atoms with Gasteiger partial charge in [0.25, 0.3) is 0 Å². The Morgan fingerprint density at radius 1 is 0.256 bits per heavy atom. The molecule has 0 radical (unpaired) electrons. The number of halogens is 11. The van der Waals surface area contributed by atoms with Gasteiger partial charge in [-0.25, -0.2) is 22.0 Å². The van der Waals surface area contributed by atoms with Gasteiger partial charge >= 0.3 is 0 Å². The van der Waals surface area contributed by atoms with Crippen molar-refractivity contribution in [2.45, 2.75) is 53.1 Å². The van der Waals surface area contributed by atoms with E-state index >= 15 is 0 Å². The van der Waals surface area contributed by atoms with Gasteiger partial charge in [-0.3, -0.25) is 0 Å². The first-order chi connectivity index (χ1) is 56.5. The minimum absolute atomic E-state index is 0.242. The number of para-hydroxylation sites is 2. The summed E-state index contributed by atoms with van der Waals surface area (Å²) in [6, 6.07) is 70.0. The molecule has 18 rings (SSSR count). The van der Waals surface area contributed by atoms with Gasteiger partial charge in [0.2, 0.25) is 0 Å². The lowest BCUT2D eigenvalue weighted by molar-refractivity contribution is 0.416. The molecule has 0 aliphatic heterocycles. The monoisotopic (exact) mass is 1690 g/mol. The lowest BCUT2D eigenvalue weighted by atomic mass is 9.99. The molecule has 0 aliphatic carbocycles. The molecule has 18 aromatic rings. The minimum atomic E-state index is -0.382. The topological polar surface area (TPSA) is 244 Å². The third kappa shape index (κ3) is 19.0. The molecule has 6 heterocycles. The van der Waals surface area contributed by atoms with Gasteiger partial charge in [-0.05, 0) is 182 Å². The zero-order valence-corrected chi connectivity index (χ0v) is 67.4. The summed E-state index contributed by atoms with van der Waals surface area (Å²) in [6.45, 7) is 5.88. The first-order valence-corrected chi connectivity index (χ1v) is 38.7. The first-order valence-electron chi connectivity index (χ1n) is 36.4. The second-order valence-electron chi connectivity index (χ2n) is 26.8. The number of nitrogens with two attached hydrogens (primary N) is 6. The molecule has 0 saturated heterocycles. The van der Waals surface area contributed by atoms with Crippen LogP contribution < -0.4 is 39.1 Å². The predicted octanol–water partition coefficient (Wildman–Crippen LogP) is 26.6. The molecule has 117 heavy (non-hydrogen) atoms. The third-order valence-electron chi connectivity index (χ3n) is 18.9. The highest BCUT2D eigenvalue weighted by atomic mass is 35.5. The Morgan fingerprint density at radius 3 is 0.983 bits per heavy atom. The zero-order valence-electron chi connectivity index (χ0n) is 62.8. The number of hydrogen-bond donors (Lipinski definition) is 6. The number of hydrogen-bond acceptors (Lipinski definition) is 13. The molecule has 24 heteroatoms. The molecule has 594 valence electrons. The van der Waals surface area contributed by atoms with Gasteiger partial charge in [0, 0.05) is 103 Å². The predicted molar refractivity (Wildman–Crippen MR) is 463 cm³/mol. The maximum absolute atomic E-state index is 13.8. The van der Waals surface area contributed by atoms with Crippen LogP contribution in [-0.4, -0.2) is 7.11 Å². The highest BCUT2D eigenvalue weighted by Crippen LogP contribution is 2.44. The van der Waals surface area contributed by atoms with Gasteiger partial charge in [-0.2, -0.15) is 0 Å². The van der Waals surface area contributed by atoms with E-state index < -0.39 is 0 Å². The van der Waals surface area contributed by atoms with E-state index in [9.17, 15) is 22.0 Å². The van der Waals surface area contributed by atoms with E-state index in [0.29, 0.717) is 166 Å². The molecule has 13 nitrogen and oxygen atoms in total. The van der Waals surface area contributed by atoms with E-state index in [1.807, 2.05) is 73.7 Å². The Morgan fingerprint density at radius 2 is 0.573 bits per heavy atom. The third-order valence-corrected chi connectivity index (χ3v) is 20.6. The van der Waals surface area contributed by atoms with E-state index in [2.05, 4.69) is 37.3 Å². The fourth-order valence-corrected chi connectivity index (χ4v) is 15.1. The van der Waals surface area contributed by atoms with Crippen molar-refractivity contribution in [2.24, 2.45) is 34.4 Å². The summed E-state index contributed by atoms with van der Waals surface area (Å²) in [5.74, 6) is 2.85. The van der Waals surface area contributed by atoms with Crippen molar-refractivity contribution in [3.63, 3.8) is 0 Å². The fraction of sp³-hybridized carbons (Fsp3) is 0.0968. The maximum Gasteiger partial charge on any atom is 0.142 e. The van der Waals surface area contributed by atoms with Crippen molar-refractivity contribution < 1.29 is 53.2 Å². The number of benzene rings is 12. The minimum Gasteiger partial charge on any atom is -0.496 e. The van der Waals surface area contributed by atoms with Crippen LogP contribution >= 0.6 is 69.6 Å². The summed E-state index contributed by atoms with van der Waals surface area (Å²) in [5, 5.41) is 7.34. The summed E-state index contributed by atoms with van der Waals surface area (Å²) in [5.41, 5.74) is 48.8. The zero-order chi connectivity index (χ0) is 82.9. The molecule has 0 saturated carbocycles. The highest BCUT2D eigenvalue weighted by molar-refractivity contribution is 6.40. The van der Waals surface area contributed by atoms with Gasteiger partial charge in [0.1, 0.15) is 103 Å². The van der Waals surface area contributed by atoms with Crippen molar-refractivity contribution in [2.75, 3.05) is 7.11 Å². The van der Waals surface area contributed by atoms with E-state index in [-0.39, 0.29) is 55.3 Å². The molecular weight excluding hydrogens is 1620 g/mol. The van der Waals surface area contributed by atoms with Crippen LogP contribution in [0, 0.1) is 42.9 Å². The average molecular weight is 1690 g/mol. The fourth-order valence-electron chi connectivity index (χ4n) is 13.6. The van der Waals surface area contributed by atoms with Crippen LogP contribution in [0.15, 0.2) is 269 Å². The summed E-state index contributed by atoms with van der Waals surface area (Å²) in [4.78, 5) is 0. The molecule has 12 N–H and O–H groups in total. The summed E-state index contributed by atoms with van der Waals surface area (Å²) >= 11 is 36.6. The van der Waals surface area contributed by atoms with Crippen molar-refractivity contribution in [1.82, 2.24) is 0 Å².